The summed E-state index contributed by atoms with van der Waals surface area (Å²) in [6.07, 6.45) is 3.00. The van der Waals surface area contributed by atoms with Gasteiger partial charge in [-0.2, -0.15) is 0 Å². The molecular formula is C18H21N3O3. The molecule has 0 saturated heterocycles. The highest BCUT2D eigenvalue weighted by Crippen LogP contribution is 2.22. The molecule has 1 N–H and O–H groups in total. The lowest BCUT2D eigenvalue weighted by molar-refractivity contribution is -0.154. The van der Waals surface area contributed by atoms with Crippen LogP contribution in [0.3, 0.4) is 0 Å². The van der Waals surface area contributed by atoms with E-state index in [1.807, 2.05) is 31.2 Å². The lowest BCUT2D eigenvalue weighted by Gasteiger charge is -2.33. The third kappa shape index (κ3) is 3.32. The smallest absolute Gasteiger partial charge is 0.329 e. The fourth-order valence-electron chi connectivity index (χ4n) is 2.99. The van der Waals surface area contributed by atoms with Crippen LogP contribution in [0.4, 0.5) is 0 Å². The number of benzene rings is 1. The number of H-pyrrole nitrogens is 1. The molecule has 1 aromatic heterocycles. The first-order chi connectivity index (χ1) is 11.6. The molecule has 2 heterocycles. The largest absolute Gasteiger partial charge is 0.467 e. The number of hydrogen-bond acceptors (Lipinski definition) is 4. The Kier molecular flexibility index (Phi) is 4.64. The van der Waals surface area contributed by atoms with Gasteiger partial charge >= 0.3 is 5.97 Å². The molecule has 0 bridgehead atoms. The van der Waals surface area contributed by atoms with Gasteiger partial charge in [0.15, 0.2) is 0 Å². The van der Waals surface area contributed by atoms with Crippen molar-refractivity contribution in [1.82, 2.24) is 14.9 Å². The topological polar surface area (TPSA) is 75.3 Å². The van der Waals surface area contributed by atoms with E-state index in [1.54, 1.807) is 11.2 Å². The van der Waals surface area contributed by atoms with Gasteiger partial charge in [-0.15, -0.1) is 0 Å². The van der Waals surface area contributed by atoms with Crippen LogP contribution in [-0.4, -0.2) is 39.9 Å². The maximum atomic E-state index is 12.7. The Hall–Kier alpha value is -2.63. The average Bonchev–Trinajstić information content (AvgIpc) is 3.06. The zero-order chi connectivity index (χ0) is 17.1. The molecule has 1 unspecified atom stereocenters. The van der Waals surface area contributed by atoms with Crippen molar-refractivity contribution in [2.75, 3.05) is 7.11 Å². The summed E-state index contributed by atoms with van der Waals surface area (Å²) in [5.41, 5.74) is 4.02. The number of aromatic nitrogens is 2. The van der Waals surface area contributed by atoms with Gasteiger partial charge in [-0.3, -0.25) is 4.79 Å². The van der Waals surface area contributed by atoms with Crippen molar-refractivity contribution in [3.8, 4) is 0 Å². The van der Waals surface area contributed by atoms with Crippen LogP contribution in [0, 0.1) is 6.92 Å². The Morgan fingerprint density at radius 1 is 1.33 bits per heavy atom. The number of amides is 1. The van der Waals surface area contributed by atoms with Crippen LogP contribution in [0.1, 0.15) is 28.9 Å². The number of nitrogens with one attached hydrogen (secondary N) is 1. The zero-order valence-electron chi connectivity index (χ0n) is 13.9. The molecule has 0 spiro atoms. The number of esters is 1. The van der Waals surface area contributed by atoms with Crippen LogP contribution in [0.2, 0.25) is 0 Å². The summed E-state index contributed by atoms with van der Waals surface area (Å²) in [6, 6.07) is 7.54. The third-order valence-corrected chi connectivity index (χ3v) is 4.44. The molecule has 126 valence electrons. The van der Waals surface area contributed by atoms with Crippen molar-refractivity contribution >= 4 is 11.9 Å². The van der Waals surface area contributed by atoms with Gasteiger partial charge in [-0.1, -0.05) is 29.8 Å². The molecule has 1 amide bonds. The van der Waals surface area contributed by atoms with E-state index in [-0.39, 0.29) is 5.91 Å². The number of hydrogen-bond donors (Lipinski definition) is 1. The van der Waals surface area contributed by atoms with Gasteiger partial charge in [0.25, 0.3) is 0 Å². The molecule has 1 atom stereocenters. The molecule has 3 rings (SSSR count). The van der Waals surface area contributed by atoms with Crippen LogP contribution < -0.4 is 0 Å². The van der Waals surface area contributed by atoms with E-state index in [0.29, 0.717) is 25.8 Å². The van der Waals surface area contributed by atoms with Gasteiger partial charge in [0.05, 0.1) is 31.4 Å². The van der Waals surface area contributed by atoms with Crippen LogP contribution >= 0.6 is 0 Å². The standard InChI is InChI=1S/C18H21N3O3/c1-12-3-5-13(6-4-12)7-8-17(22)21-10-15-14(19-11-20-15)9-16(21)18(23)24-2/h3-6,11,16H,7-10H2,1-2H3,(H,19,20). The molecule has 0 aliphatic carbocycles. The summed E-state index contributed by atoms with van der Waals surface area (Å²) in [6.45, 7) is 2.40. The molecule has 2 aromatic rings. The van der Waals surface area contributed by atoms with E-state index < -0.39 is 12.0 Å². The molecular weight excluding hydrogens is 306 g/mol. The summed E-state index contributed by atoms with van der Waals surface area (Å²) in [5.74, 6) is -0.446. The number of ether oxygens (including phenoxy) is 1. The van der Waals surface area contributed by atoms with Crippen molar-refractivity contribution in [1.29, 1.82) is 0 Å². The van der Waals surface area contributed by atoms with E-state index in [4.69, 9.17) is 4.74 Å². The van der Waals surface area contributed by atoms with Gasteiger partial charge in [-0.25, -0.2) is 9.78 Å². The molecule has 1 aliphatic heterocycles. The first-order valence-electron chi connectivity index (χ1n) is 8.02. The molecule has 1 aromatic carbocycles. The molecule has 24 heavy (non-hydrogen) atoms. The predicted molar refractivity (Wildman–Crippen MR) is 88.1 cm³/mol. The van der Waals surface area contributed by atoms with Gasteiger partial charge < -0.3 is 14.6 Å². The number of fused-ring (bicyclic) bond motifs is 1. The molecule has 6 heteroatoms. The quantitative estimate of drug-likeness (QED) is 0.869. The maximum Gasteiger partial charge on any atom is 0.329 e. The number of carbonyl (C=O) groups is 2. The van der Waals surface area contributed by atoms with Crippen LogP contribution in [0.5, 0.6) is 0 Å². The van der Waals surface area contributed by atoms with Crippen molar-refractivity contribution in [3.63, 3.8) is 0 Å². The van der Waals surface area contributed by atoms with E-state index >= 15 is 0 Å². The normalized spacial score (nSPS) is 16.6. The average molecular weight is 327 g/mol. The number of aromatic amines is 1. The van der Waals surface area contributed by atoms with Crippen LogP contribution in [-0.2, 0) is 33.7 Å². The van der Waals surface area contributed by atoms with E-state index in [0.717, 1.165) is 17.0 Å². The van der Waals surface area contributed by atoms with Crippen molar-refractivity contribution in [2.45, 2.75) is 38.8 Å². The number of rotatable bonds is 4. The van der Waals surface area contributed by atoms with E-state index in [1.165, 1.54) is 12.7 Å². The number of methoxy groups -OCH3 is 1. The second kappa shape index (κ2) is 6.86. The highest BCUT2D eigenvalue weighted by molar-refractivity contribution is 5.85. The monoisotopic (exact) mass is 327 g/mol. The predicted octanol–water partition coefficient (Wildman–Crippen LogP) is 1.78. The highest BCUT2D eigenvalue weighted by atomic mass is 16.5. The van der Waals surface area contributed by atoms with Crippen molar-refractivity contribution < 1.29 is 14.3 Å². The minimum Gasteiger partial charge on any atom is -0.467 e. The number of nitrogens with zero attached hydrogens (tertiary/aromatic N) is 2. The lowest BCUT2D eigenvalue weighted by Crippen LogP contribution is -2.49. The Morgan fingerprint density at radius 2 is 2.08 bits per heavy atom. The fraction of sp³-hybridized carbons (Fsp3) is 0.389. The lowest BCUT2D eigenvalue weighted by atomic mass is 10.0. The second-order valence-electron chi connectivity index (χ2n) is 6.08. The van der Waals surface area contributed by atoms with Gasteiger partial charge in [0.1, 0.15) is 6.04 Å². The SMILES string of the molecule is COC(=O)C1Cc2nc[nH]c2CN1C(=O)CCc1ccc(C)cc1. The highest BCUT2D eigenvalue weighted by Gasteiger charge is 2.36. The first kappa shape index (κ1) is 16.2. The Morgan fingerprint density at radius 3 is 2.79 bits per heavy atom. The Balaban J connectivity index is 1.71. The van der Waals surface area contributed by atoms with Crippen molar-refractivity contribution in [3.05, 3.63) is 53.1 Å². The second-order valence-corrected chi connectivity index (χ2v) is 6.08. The summed E-state index contributed by atoms with van der Waals surface area (Å²) in [5, 5.41) is 0. The van der Waals surface area contributed by atoms with E-state index in [2.05, 4.69) is 9.97 Å². The van der Waals surface area contributed by atoms with Crippen LogP contribution in [0.25, 0.3) is 0 Å². The zero-order valence-corrected chi connectivity index (χ0v) is 13.9. The minimum atomic E-state index is -0.601. The minimum absolute atomic E-state index is 0.0498. The summed E-state index contributed by atoms with van der Waals surface area (Å²) in [7, 11) is 1.34. The molecule has 1 aliphatic rings. The number of carbonyl (C=O) groups excluding carboxylic acids is 2. The van der Waals surface area contributed by atoms with Crippen molar-refractivity contribution in [2.24, 2.45) is 0 Å². The van der Waals surface area contributed by atoms with Gasteiger partial charge in [0.2, 0.25) is 5.91 Å². The molecule has 0 saturated carbocycles. The fourth-order valence-corrected chi connectivity index (χ4v) is 2.99. The molecule has 0 radical (unpaired) electrons. The summed E-state index contributed by atoms with van der Waals surface area (Å²) in [4.78, 5) is 33.6. The van der Waals surface area contributed by atoms with Gasteiger partial charge in [0, 0.05) is 12.8 Å². The number of aryl methyl sites for hydroxylation is 2. The Labute approximate surface area is 140 Å². The number of imidazole rings is 1. The van der Waals surface area contributed by atoms with E-state index in [9.17, 15) is 9.59 Å². The summed E-state index contributed by atoms with van der Waals surface area (Å²) >= 11 is 0. The van der Waals surface area contributed by atoms with Crippen LogP contribution in [0.15, 0.2) is 30.6 Å². The first-order valence-corrected chi connectivity index (χ1v) is 8.02. The maximum absolute atomic E-state index is 12.7. The van der Waals surface area contributed by atoms with Gasteiger partial charge in [-0.05, 0) is 18.9 Å². The summed E-state index contributed by atoms with van der Waals surface area (Å²) < 4.78 is 4.87. The third-order valence-electron chi connectivity index (χ3n) is 4.44. The molecule has 0 fully saturated rings. The molecule has 6 nitrogen and oxygen atoms in total. The Bertz CT molecular complexity index is 736.